The fourth-order valence-corrected chi connectivity index (χ4v) is 5.36. The number of pyridine rings is 1. The van der Waals surface area contributed by atoms with E-state index in [1.54, 1.807) is 13.3 Å². The van der Waals surface area contributed by atoms with Gasteiger partial charge in [-0.3, -0.25) is 14.4 Å². The monoisotopic (exact) mass is 475 g/mol. The Balaban J connectivity index is 1.66. The average molecular weight is 476 g/mol. The molecule has 0 unspecified atom stereocenters. The molecule has 3 fully saturated rings. The van der Waals surface area contributed by atoms with Crippen LogP contribution in [0.4, 0.5) is 4.79 Å². The minimum Gasteiger partial charge on any atom is -0.497 e. The van der Waals surface area contributed by atoms with Crippen molar-refractivity contribution in [3.8, 4) is 5.75 Å². The first kappa shape index (κ1) is 23.5. The third-order valence-electron chi connectivity index (χ3n) is 6.66. The largest absolute Gasteiger partial charge is 0.497 e. The summed E-state index contributed by atoms with van der Waals surface area (Å²) in [7, 11) is -2.59. The number of carbonyl (C=O) groups excluding carboxylic acids is 1. The third kappa shape index (κ3) is 5.29. The van der Waals surface area contributed by atoms with Gasteiger partial charge in [-0.2, -0.15) is 8.42 Å². The lowest BCUT2D eigenvalue weighted by Gasteiger charge is -2.51. The second kappa shape index (κ2) is 9.66. The minimum absolute atomic E-state index is 0.0379. The highest BCUT2D eigenvalue weighted by Crippen LogP contribution is 2.43. The van der Waals surface area contributed by atoms with Gasteiger partial charge >= 0.3 is 6.09 Å². The third-order valence-corrected chi connectivity index (χ3v) is 7.38. The Bertz CT molecular complexity index is 1140. The lowest BCUT2D eigenvalue weighted by atomic mass is 9.73. The van der Waals surface area contributed by atoms with E-state index in [1.807, 2.05) is 30.3 Å². The Labute approximate surface area is 193 Å². The van der Waals surface area contributed by atoms with Crippen LogP contribution in [0.2, 0.25) is 0 Å². The number of amides is 1. The fraction of sp³-hybridized carbons (Fsp3) is 0.478. The first-order valence-corrected chi connectivity index (χ1v) is 12.6. The molecule has 0 saturated carbocycles. The van der Waals surface area contributed by atoms with Crippen molar-refractivity contribution in [1.29, 1.82) is 0 Å². The SMILES string of the molecule is C=C[C@H]1C[N@]2CC[C@H]1C[C@@H]2[C@@H](OC(=O)NCCS(=O)(=O)O)c1ccnc2ccc(OC)cc12. The summed E-state index contributed by atoms with van der Waals surface area (Å²) in [6.45, 7) is 5.50. The van der Waals surface area contributed by atoms with Gasteiger partial charge in [-0.15, -0.1) is 6.58 Å². The number of rotatable bonds is 8. The van der Waals surface area contributed by atoms with Gasteiger partial charge in [0.15, 0.2) is 0 Å². The maximum absolute atomic E-state index is 12.7. The molecule has 3 saturated heterocycles. The lowest BCUT2D eigenvalue weighted by molar-refractivity contribution is -0.0497. The van der Waals surface area contributed by atoms with Crippen LogP contribution in [0.3, 0.4) is 0 Å². The summed E-state index contributed by atoms with van der Waals surface area (Å²) in [5, 5.41) is 3.27. The number of hydrogen-bond donors (Lipinski definition) is 2. The van der Waals surface area contributed by atoms with Crippen LogP contribution in [-0.2, 0) is 14.9 Å². The molecule has 0 radical (unpaired) electrons. The van der Waals surface area contributed by atoms with Crippen molar-refractivity contribution in [1.82, 2.24) is 15.2 Å². The average Bonchev–Trinajstić information content (AvgIpc) is 2.81. The smallest absolute Gasteiger partial charge is 0.407 e. The van der Waals surface area contributed by atoms with Gasteiger partial charge in [0.2, 0.25) is 0 Å². The van der Waals surface area contributed by atoms with E-state index in [0.717, 1.165) is 42.4 Å². The Morgan fingerprint density at radius 2 is 2.24 bits per heavy atom. The van der Waals surface area contributed by atoms with E-state index < -0.39 is 28.1 Å². The van der Waals surface area contributed by atoms with Gasteiger partial charge in [0.1, 0.15) is 11.9 Å². The van der Waals surface area contributed by atoms with E-state index in [4.69, 9.17) is 14.0 Å². The van der Waals surface area contributed by atoms with Crippen molar-refractivity contribution in [2.75, 3.05) is 32.5 Å². The molecule has 33 heavy (non-hydrogen) atoms. The number of alkyl carbamates (subject to hydrolysis) is 1. The highest BCUT2D eigenvalue weighted by molar-refractivity contribution is 7.85. The standard InChI is InChI=1S/C23H29N3O6S/c1-3-15-14-26-10-7-16(15)12-21(26)22(32-23(27)25-9-11-33(28,29)30)18-6-8-24-20-5-4-17(31-2)13-19(18)20/h3-6,8,13,15-16,21-22H,1,7,9-12,14H2,2H3,(H,25,27)(H,28,29,30)/t15-,16-,21+,22-/m0/s1. The number of ether oxygens (including phenoxy) is 2. The van der Waals surface area contributed by atoms with Gasteiger partial charge < -0.3 is 14.8 Å². The Kier molecular flexibility index (Phi) is 6.87. The molecule has 178 valence electrons. The molecule has 1 aromatic heterocycles. The zero-order valence-corrected chi connectivity index (χ0v) is 19.3. The van der Waals surface area contributed by atoms with E-state index in [9.17, 15) is 13.2 Å². The molecule has 3 aliphatic heterocycles. The predicted molar refractivity (Wildman–Crippen MR) is 124 cm³/mol. The van der Waals surface area contributed by atoms with E-state index in [-0.39, 0.29) is 12.6 Å². The van der Waals surface area contributed by atoms with Crippen molar-refractivity contribution < 1.29 is 27.2 Å². The van der Waals surface area contributed by atoms with E-state index in [2.05, 4.69) is 21.8 Å². The van der Waals surface area contributed by atoms with Gasteiger partial charge in [-0.25, -0.2) is 4.79 Å². The van der Waals surface area contributed by atoms with E-state index in [0.29, 0.717) is 17.6 Å². The molecule has 2 N–H and O–H groups in total. The Hall–Kier alpha value is -2.69. The van der Waals surface area contributed by atoms with Gasteiger partial charge in [0, 0.05) is 30.2 Å². The summed E-state index contributed by atoms with van der Waals surface area (Å²) in [5.74, 6) is 0.966. The highest BCUT2D eigenvalue weighted by atomic mass is 32.2. The van der Waals surface area contributed by atoms with Crippen LogP contribution in [0, 0.1) is 11.8 Å². The summed E-state index contributed by atoms with van der Waals surface area (Å²) < 4.78 is 42.2. The summed E-state index contributed by atoms with van der Waals surface area (Å²) in [4.78, 5) is 19.4. The zero-order valence-electron chi connectivity index (χ0n) is 18.5. The van der Waals surface area contributed by atoms with Crippen LogP contribution < -0.4 is 10.1 Å². The molecular formula is C23H29N3O6S. The Morgan fingerprint density at radius 1 is 1.42 bits per heavy atom. The number of nitrogens with one attached hydrogen (secondary N) is 1. The molecule has 0 spiro atoms. The summed E-state index contributed by atoms with van der Waals surface area (Å²) in [6.07, 6.45) is 4.30. The number of methoxy groups -OCH3 is 1. The fourth-order valence-electron chi connectivity index (χ4n) is 5.00. The number of fused-ring (bicyclic) bond motifs is 4. The van der Waals surface area contributed by atoms with Crippen molar-refractivity contribution in [3.63, 3.8) is 0 Å². The summed E-state index contributed by atoms with van der Waals surface area (Å²) in [6, 6.07) is 7.39. The molecule has 4 heterocycles. The first-order chi connectivity index (χ1) is 15.8. The number of benzene rings is 1. The second-order valence-corrected chi connectivity index (χ2v) is 10.1. The zero-order chi connectivity index (χ0) is 23.6. The molecule has 10 heteroatoms. The van der Waals surface area contributed by atoms with Gasteiger partial charge in [-0.1, -0.05) is 6.08 Å². The first-order valence-electron chi connectivity index (χ1n) is 11.0. The van der Waals surface area contributed by atoms with Gasteiger partial charge in [-0.05, 0) is 55.5 Å². The molecule has 2 bridgehead atoms. The molecule has 2 aromatic rings. The number of nitrogens with zero attached hydrogens (tertiary/aromatic N) is 2. The molecule has 5 atom stereocenters. The summed E-state index contributed by atoms with van der Waals surface area (Å²) in [5.41, 5.74) is 1.57. The molecule has 1 aromatic carbocycles. The van der Waals surface area contributed by atoms with Crippen LogP contribution in [0.15, 0.2) is 43.1 Å². The van der Waals surface area contributed by atoms with Crippen LogP contribution >= 0.6 is 0 Å². The van der Waals surface area contributed by atoms with Crippen molar-refractivity contribution in [2.24, 2.45) is 11.8 Å². The molecule has 1 amide bonds. The van der Waals surface area contributed by atoms with Crippen LogP contribution in [-0.4, -0.2) is 67.5 Å². The second-order valence-electron chi connectivity index (χ2n) is 8.57. The quantitative estimate of drug-likeness (QED) is 0.442. The normalized spacial score (nSPS) is 25.4. The van der Waals surface area contributed by atoms with Crippen LogP contribution in [0.1, 0.15) is 24.5 Å². The maximum Gasteiger partial charge on any atom is 0.407 e. The van der Waals surface area contributed by atoms with E-state index >= 15 is 0 Å². The molecule has 9 nitrogen and oxygen atoms in total. The number of hydrogen-bond acceptors (Lipinski definition) is 7. The van der Waals surface area contributed by atoms with E-state index in [1.165, 1.54) is 0 Å². The van der Waals surface area contributed by atoms with Gasteiger partial charge in [0.25, 0.3) is 10.1 Å². The number of carbonyl (C=O) groups is 1. The van der Waals surface area contributed by atoms with Crippen LogP contribution in [0.5, 0.6) is 5.75 Å². The Morgan fingerprint density at radius 3 is 2.91 bits per heavy atom. The molecule has 0 aliphatic carbocycles. The van der Waals surface area contributed by atoms with Crippen molar-refractivity contribution in [2.45, 2.75) is 25.0 Å². The maximum atomic E-state index is 12.7. The number of aromatic nitrogens is 1. The summed E-state index contributed by atoms with van der Waals surface area (Å²) >= 11 is 0. The topological polar surface area (TPSA) is 118 Å². The van der Waals surface area contributed by atoms with Gasteiger partial charge in [0.05, 0.1) is 24.4 Å². The highest BCUT2D eigenvalue weighted by Gasteiger charge is 2.44. The number of piperidine rings is 3. The molecular weight excluding hydrogens is 446 g/mol. The lowest BCUT2D eigenvalue weighted by Crippen LogP contribution is -2.55. The molecule has 5 rings (SSSR count). The predicted octanol–water partition coefficient (Wildman–Crippen LogP) is 2.79. The van der Waals surface area contributed by atoms with Crippen molar-refractivity contribution >= 4 is 27.1 Å². The van der Waals surface area contributed by atoms with Crippen molar-refractivity contribution in [3.05, 3.63) is 48.7 Å². The molecule has 3 aliphatic rings. The minimum atomic E-state index is -4.18. The van der Waals surface area contributed by atoms with Crippen LogP contribution in [0.25, 0.3) is 10.9 Å².